The van der Waals surface area contributed by atoms with E-state index in [2.05, 4.69) is 5.32 Å². The van der Waals surface area contributed by atoms with Crippen LogP contribution in [0, 0.1) is 0 Å². The Balaban J connectivity index is 1.93. The number of piperidine rings is 1. The summed E-state index contributed by atoms with van der Waals surface area (Å²) in [4.78, 5) is 12.6. The van der Waals surface area contributed by atoms with Crippen molar-refractivity contribution in [2.75, 3.05) is 13.1 Å². The molecule has 1 fully saturated rings. The monoisotopic (exact) mass is 313 g/mol. The van der Waals surface area contributed by atoms with Crippen LogP contribution in [-0.4, -0.2) is 29.3 Å². The molecule has 3 rings (SSSR count). The Labute approximate surface area is 134 Å². The highest BCUT2D eigenvalue weighted by molar-refractivity contribution is 5.93. The number of rotatable bonds is 3. The molecule has 2 aromatic rings. The van der Waals surface area contributed by atoms with Gasteiger partial charge in [-0.2, -0.15) is 0 Å². The molecule has 1 heterocycles. The smallest absolute Gasteiger partial charge is 0.342 e. The molecule has 120 valence electrons. The molecule has 2 aromatic carbocycles. The van der Waals surface area contributed by atoms with Crippen molar-refractivity contribution in [3.05, 3.63) is 59.7 Å². The number of aromatic hydroxyl groups is 2. The summed E-state index contributed by atoms with van der Waals surface area (Å²) in [6.45, 7) is 1.49. The zero-order valence-electron chi connectivity index (χ0n) is 12.7. The third-order valence-electron chi connectivity index (χ3n) is 4.23. The van der Waals surface area contributed by atoms with Crippen LogP contribution in [0.5, 0.6) is 11.5 Å². The van der Waals surface area contributed by atoms with Crippen molar-refractivity contribution in [2.45, 2.75) is 18.4 Å². The molecule has 5 heteroatoms. The van der Waals surface area contributed by atoms with E-state index in [-0.39, 0.29) is 11.3 Å². The fraction of sp³-hybridized carbons (Fsp3) is 0.278. The van der Waals surface area contributed by atoms with Crippen LogP contribution < -0.4 is 5.32 Å². The molecule has 0 radical (unpaired) electrons. The van der Waals surface area contributed by atoms with E-state index in [1.165, 1.54) is 18.2 Å². The zero-order valence-corrected chi connectivity index (χ0v) is 12.7. The molecule has 0 aliphatic carbocycles. The average molecular weight is 313 g/mol. The average Bonchev–Trinajstić information content (AvgIpc) is 2.59. The van der Waals surface area contributed by atoms with E-state index in [1.54, 1.807) is 0 Å². The first-order valence-corrected chi connectivity index (χ1v) is 7.63. The van der Waals surface area contributed by atoms with E-state index in [9.17, 15) is 15.0 Å². The molecule has 0 bridgehead atoms. The Morgan fingerprint density at radius 1 is 1.00 bits per heavy atom. The van der Waals surface area contributed by atoms with Gasteiger partial charge in [0.1, 0.15) is 11.2 Å². The van der Waals surface area contributed by atoms with Crippen molar-refractivity contribution >= 4 is 5.97 Å². The van der Waals surface area contributed by atoms with Gasteiger partial charge in [-0.05, 0) is 30.8 Å². The Kier molecular flexibility index (Phi) is 4.21. The maximum atomic E-state index is 12.6. The fourth-order valence-electron chi connectivity index (χ4n) is 2.95. The fourth-order valence-corrected chi connectivity index (χ4v) is 2.95. The second kappa shape index (κ2) is 6.30. The van der Waals surface area contributed by atoms with Gasteiger partial charge in [0.2, 0.25) is 0 Å². The summed E-state index contributed by atoms with van der Waals surface area (Å²) in [6.07, 6.45) is 1.31. The molecule has 1 saturated heterocycles. The van der Waals surface area contributed by atoms with Crippen molar-refractivity contribution in [3.8, 4) is 11.5 Å². The molecule has 23 heavy (non-hydrogen) atoms. The first-order valence-electron chi connectivity index (χ1n) is 7.63. The van der Waals surface area contributed by atoms with Gasteiger partial charge in [-0.25, -0.2) is 4.79 Å². The second-order valence-electron chi connectivity index (χ2n) is 5.67. The summed E-state index contributed by atoms with van der Waals surface area (Å²) in [7, 11) is 0. The quantitative estimate of drug-likeness (QED) is 0.599. The van der Waals surface area contributed by atoms with E-state index < -0.39 is 17.3 Å². The Hall–Kier alpha value is -2.53. The summed E-state index contributed by atoms with van der Waals surface area (Å²) in [5.41, 5.74) is 0.190. The van der Waals surface area contributed by atoms with Crippen LogP contribution in [0.25, 0.3) is 0 Å². The number of ether oxygens (including phenoxy) is 1. The molecule has 0 aromatic heterocycles. The normalized spacial score (nSPS) is 16.7. The molecule has 0 saturated carbocycles. The van der Waals surface area contributed by atoms with E-state index in [0.29, 0.717) is 12.8 Å². The summed E-state index contributed by atoms with van der Waals surface area (Å²) < 4.78 is 5.84. The number of nitrogens with one attached hydrogen (secondary N) is 1. The lowest BCUT2D eigenvalue weighted by Crippen LogP contribution is -2.43. The van der Waals surface area contributed by atoms with Crippen molar-refractivity contribution in [2.24, 2.45) is 0 Å². The largest absolute Gasteiger partial charge is 0.504 e. The minimum absolute atomic E-state index is 0.0289. The lowest BCUT2D eigenvalue weighted by Gasteiger charge is -2.37. The van der Waals surface area contributed by atoms with Gasteiger partial charge in [0, 0.05) is 12.8 Å². The van der Waals surface area contributed by atoms with Crippen molar-refractivity contribution in [1.82, 2.24) is 5.32 Å². The van der Waals surface area contributed by atoms with E-state index in [1.807, 2.05) is 30.3 Å². The second-order valence-corrected chi connectivity index (χ2v) is 5.67. The number of carbonyl (C=O) groups is 1. The SMILES string of the molecule is O=C(OC1(c2ccccc2)CCNCC1)c1cccc(O)c1O. The van der Waals surface area contributed by atoms with Crippen molar-refractivity contribution < 1.29 is 19.7 Å². The van der Waals surface area contributed by atoms with Gasteiger partial charge in [-0.1, -0.05) is 36.4 Å². The van der Waals surface area contributed by atoms with E-state index >= 15 is 0 Å². The lowest BCUT2D eigenvalue weighted by molar-refractivity contribution is -0.0380. The number of esters is 1. The first-order chi connectivity index (χ1) is 11.1. The molecular formula is C18H19NO4. The molecule has 1 aliphatic rings. The van der Waals surface area contributed by atoms with Crippen LogP contribution in [0.3, 0.4) is 0 Å². The highest BCUT2D eigenvalue weighted by Gasteiger charge is 2.38. The summed E-state index contributed by atoms with van der Waals surface area (Å²) in [5, 5.41) is 22.7. The number of hydrogen-bond acceptors (Lipinski definition) is 5. The Bertz CT molecular complexity index is 693. The minimum Gasteiger partial charge on any atom is -0.504 e. The minimum atomic E-state index is -0.721. The standard InChI is InChI=1S/C18H19NO4/c20-15-8-4-7-14(16(15)21)17(22)23-18(9-11-19-12-10-18)13-5-2-1-3-6-13/h1-8,19-21H,9-12H2. The summed E-state index contributed by atoms with van der Waals surface area (Å²) >= 11 is 0. The Morgan fingerprint density at radius 3 is 2.39 bits per heavy atom. The number of para-hydroxylation sites is 1. The van der Waals surface area contributed by atoms with Gasteiger partial charge < -0.3 is 20.3 Å². The predicted molar refractivity (Wildman–Crippen MR) is 85.4 cm³/mol. The lowest BCUT2D eigenvalue weighted by atomic mass is 9.84. The summed E-state index contributed by atoms with van der Waals surface area (Å²) in [6, 6.07) is 13.9. The summed E-state index contributed by atoms with van der Waals surface area (Å²) in [5.74, 6) is -1.42. The molecule has 0 atom stereocenters. The molecule has 0 amide bonds. The maximum absolute atomic E-state index is 12.6. The number of phenols is 2. The third kappa shape index (κ3) is 3.00. The number of benzene rings is 2. The van der Waals surface area contributed by atoms with Gasteiger partial charge in [0.05, 0.1) is 0 Å². The highest BCUT2D eigenvalue weighted by Crippen LogP contribution is 2.37. The topological polar surface area (TPSA) is 78.8 Å². The van der Waals surface area contributed by atoms with Gasteiger partial charge in [0.15, 0.2) is 11.5 Å². The number of hydrogen-bond donors (Lipinski definition) is 3. The van der Waals surface area contributed by atoms with E-state index in [0.717, 1.165) is 18.7 Å². The first kappa shape index (κ1) is 15.4. The van der Waals surface area contributed by atoms with Crippen LogP contribution >= 0.6 is 0 Å². The van der Waals surface area contributed by atoms with Gasteiger partial charge >= 0.3 is 5.97 Å². The zero-order chi connectivity index (χ0) is 16.3. The molecule has 1 aliphatic heterocycles. The predicted octanol–water partition coefficient (Wildman–Crippen LogP) is 2.53. The van der Waals surface area contributed by atoms with Crippen molar-refractivity contribution in [3.63, 3.8) is 0 Å². The van der Waals surface area contributed by atoms with Crippen LogP contribution in [0.15, 0.2) is 48.5 Å². The van der Waals surface area contributed by atoms with Gasteiger partial charge in [-0.15, -0.1) is 0 Å². The third-order valence-corrected chi connectivity index (χ3v) is 4.23. The van der Waals surface area contributed by atoms with E-state index in [4.69, 9.17) is 4.74 Å². The van der Waals surface area contributed by atoms with Crippen LogP contribution in [0.4, 0.5) is 0 Å². The molecule has 0 spiro atoms. The van der Waals surface area contributed by atoms with Crippen LogP contribution in [0.2, 0.25) is 0 Å². The maximum Gasteiger partial charge on any atom is 0.342 e. The number of phenolic OH excluding ortho intramolecular Hbond substituents is 2. The molecule has 3 N–H and O–H groups in total. The molecule has 0 unspecified atom stereocenters. The Morgan fingerprint density at radius 2 is 1.70 bits per heavy atom. The van der Waals surface area contributed by atoms with Gasteiger partial charge in [0.25, 0.3) is 0 Å². The van der Waals surface area contributed by atoms with Crippen LogP contribution in [0.1, 0.15) is 28.8 Å². The van der Waals surface area contributed by atoms with Gasteiger partial charge in [-0.3, -0.25) is 0 Å². The highest BCUT2D eigenvalue weighted by atomic mass is 16.6. The van der Waals surface area contributed by atoms with Crippen molar-refractivity contribution in [1.29, 1.82) is 0 Å². The molecule has 5 nitrogen and oxygen atoms in total. The number of carbonyl (C=O) groups excluding carboxylic acids is 1. The molecular weight excluding hydrogens is 294 g/mol. The van der Waals surface area contributed by atoms with Crippen LogP contribution in [-0.2, 0) is 10.3 Å².